The molecule has 0 saturated carbocycles. The molecular weight excluding hydrogens is 224 g/mol. The predicted octanol–water partition coefficient (Wildman–Crippen LogP) is 2.64. The number of carbonyl (C=O) groups excluding carboxylic acids is 1. The number of benzene rings is 1. The average Bonchev–Trinajstić information content (AvgIpc) is 2.63. The summed E-state index contributed by atoms with van der Waals surface area (Å²) < 4.78 is 0. The van der Waals surface area contributed by atoms with Crippen molar-refractivity contribution in [2.75, 3.05) is 11.9 Å². The van der Waals surface area contributed by atoms with Crippen molar-refractivity contribution in [1.29, 1.82) is 0 Å². The van der Waals surface area contributed by atoms with E-state index in [1.807, 2.05) is 6.92 Å². The lowest BCUT2D eigenvalue weighted by atomic mass is 9.91. The second-order valence-electron chi connectivity index (χ2n) is 5.21. The molecule has 0 fully saturated rings. The zero-order valence-electron chi connectivity index (χ0n) is 11.5. The topological polar surface area (TPSA) is 55.1 Å². The summed E-state index contributed by atoms with van der Waals surface area (Å²) in [7, 11) is 0. The fourth-order valence-corrected chi connectivity index (χ4v) is 2.61. The maximum atomic E-state index is 11.7. The molecule has 18 heavy (non-hydrogen) atoms. The van der Waals surface area contributed by atoms with Gasteiger partial charge in [-0.25, -0.2) is 0 Å². The zero-order valence-corrected chi connectivity index (χ0v) is 11.5. The summed E-state index contributed by atoms with van der Waals surface area (Å²) in [5.41, 5.74) is 11.6. The molecule has 1 atom stereocenters. The third-order valence-corrected chi connectivity index (χ3v) is 4.05. The van der Waals surface area contributed by atoms with Gasteiger partial charge >= 0.3 is 0 Å². The summed E-state index contributed by atoms with van der Waals surface area (Å²) in [5.74, 6) is 0.0965. The minimum absolute atomic E-state index is 0.0208. The Bertz CT molecular complexity index is 480. The number of anilines is 1. The third-order valence-electron chi connectivity index (χ3n) is 4.05. The molecule has 3 nitrogen and oxygen atoms in total. The fourth-order valence-electron chi connectivity index (χ4n) is 2.61. The Morgan fingerprint density at radius 1 is 1.28 bits per heavy atom. The molecule has 0 spiro atoms. The molecule has 0 bridgehead atoms. The van der Waals surface area contributed by atoms with E-state index in [4.69, 9.17) is 5.73 Å². The molecule has 0 radical (unpaired) electrons. The second kappa shape index (κ2) is 5.11. The molecule has 2 rings (SSSR count). The van der Waals surface area contributed by atoms with Gasteiger partial charge < -0.3 is 11.1 Å². The highest BCUT2D eigenvalue weighted by Gasteiger charge is 2.29. The van der Waals surface area contributed by atoms with Gasteiger partial charge in [0.1, 0.15) is 0 Å². The number of nitrogens with one attached hydrogen (secondary N) is 1. The smallest absolute Gasteiger partial charge is 0.231 e. The monoisotopic (exact) mass is 246 g/mol. The van der Waals surface area contributed by atoms with Crippen LogP contribution in [0.2, 0.25) is 0 Å². The number of rotatable bonds is 4. The number of nitrogens with two attached hydrogens (primary N) is 1. The first-order chi connectivity index (χ1) is 8.56. The van der Waals surface area contributed by atoms with Gasteiger partial charge in [0.05, 0.1) is 5.92 Å². The molecule has 1 aromatic carbocycles. The van der Waals surface area contributed by atoms with Crippen LogP contribution in [0.5, 0.6) is 0 Å². The van der Waals surface area contributed by atoms with Crippen LogP contribution in [0, 0.1) is 13.8 Å². The van der Waals surface area contributed by atoms with Crippen molar-refractivity contribution >= 4 is 11.6 Å². The fraction of sp³-hybridized carbons (Fsp3) is 0.533. The lowest BCUT2D eigenvalue weighted by Gasteiger charge is -2.14. The van der Waals surface area contributed by atoms with Crippen molar-refractivity contribution in [3.63, 3.8) is 0 Å². The molecule has 1 aromatic rings. The minimum Gasteiger partial charge on any atom is -0.330 e. The zero-order chi connectivity index (χ0) is 13.3. The normalized spacial score (nSPS) is 17.8. The summed E-state index contributed by atoms with van der Waals surface area (Å²) in [6.07, 6.45) is 3.23. The number of aryl methyl sites for hydroxylation is 1. The number of amides is 1. The van der Waals surface area contributed by atoms with Crippen LogP contribution in [0.25, 0.3) is 0 Å². The van der Waals surface area contributed by atoms with E-state index in [1.165, 1.54) is 16.7 Å². The van der Waals surface area contributed by atoms with Crippen LogP contribution in [0.15, 0.2) is 6.07 Å². The summed E-state index contributed by atoms with van der Waals surface area (Å²) in [4.78, 5) is 11.7. The van der Waals surface area contributed by atoms with E-state index in [-0.39, 0.29) is 11.8 Å². The summed E-state index contributed by atoms with van der Waals surface area (Å²) in [5, 5.41) is 2.99. The van der Waals surface area contributed by atoms with Crippen molar-refractivity contribution in [3.05, 3.63) is 28.3 Å². The predicted molar refractivity (Wildman–Crippen MR) is 75.0 cm³/mol. The quantitative estimate of drug-likeness (QED) is 0.802. The van der Waals surface area contributed by atoms with Gasteiger partial charge in [0.2, 0.25) is 5.91 Å². The molecule has 0 aromatic heterocycles. The van der Waals surface area contributed by atoms with Gasteiger partial charge in [-0.1, -0.05) is 6.07 Å². The van der Waals surface area contributed by atoms with Crippen molar-refractivity contribution < 1.29 is 4.79 Å². The number of fused-ring (bicyclic) bond motifs is 1. The lowest BCUT2D eigenvalue weighted by molar-refractivity contribution is -0.116. The second-order valence-corrected chi connectivity index (χ2v) is 5.21. The Hall–Kier alpha value is -1.35. The molecule has 0 aliphatic carbocycles. The van der Waals surface area contributed by atoms with Crippen LogP contribution >= 0.6 is 0 Å². The van der Waals surface area contributed by atoms with Gasteiger partial charge in [-0.2, -0.15) is 0 Å². The van der Waals surface area contributed by atoms with Crippen molar-refractivity contribution in [1.82, 2.24) is 0 Å². The Morgan fingerprint density at radius 3 is 2.67 bits per heavy atom. The first-order valence-electron chi connectivity index (χ1n) is 6.70. The number of hydrogen-bond acceptors (Lipinski definition) is 2. The van der Waals surface area contributed by atoms with Crippen LogP contribution in [0.1, 0.15) is 47.9 Å². The van der Waals surface area contributed by atoms with E-state index in [0.29, 0.717) is 0 Å². The largest absolute Gasteiger partial charge is 0.330 e. The minimum atomic E-state index is -0.0208. The van der Waals surface area contributed by atoms with Gasteiger partial charge in [-0.15, -0.1) is 0 Å². The number of hydrogen-bond donors (Lipinski definition) is 2. The Labute approximate surface area is 109 Å². The van der Waals surface area contributed by atoms with Gasteiger partial charge in [0.25, 0.3) is 0 Å². The van der Waals surface area contributed by atoms with E-state index in [0.717, 1.165) is 37.1 Å². The average molecular weight is 246 g/mol. The van der Waals surface area contributed by atoms with Crippen LogP contribution in [0.3, 0.4) is 0 Å². The summed E-state index contributed by atoms with van der Waals surface area (Å²) in [6.45, 7) is 6.96. The lowest BCUT2D eigenvalue weighted by Crippen LogP contribution is -2.08. The molecule has 1 aliphatic heterocycles. The van der Waals surface area contributed by atoms with Crippen molar-refractivity contribution in [2.45, 2.75) is 46.0 Å². The van der Waals surface area contributed by atoms with Gasteiger partial charge in [0, 0.05) is 5.69 Å². The van der Waals surface area contributed by atoms with Crippen LogP contribution in [-0.4, -0.2) is 12.5 Å². The highest BCUT2D eigenvalue weighted by Crippen LogP contribution is 2.37. The maximum absolute atomic E-state index is 11.7. The molecule has 0 saturated heterocycles. The molecule has 3 heteroatoms. The molecule has 98 valence electrons. The molecule has 1 heterocycles. The highest BCUT2D eigenvalue weighted by atomic mass is 16.2. The molecule has 1 amide bonds. The Morgan fingerprint density at radius 2 is 2.00 bits per heavy atom. The maximum Gasteiger partial charge on any atom is 0.231 e. The van der Waals surface area contributed by atoms with Crippen LogP contribution in [-0.2, 0) is 11.2 Å². The molecule has 3 N–H and O–H groups in total. The van der Waals surface area contributed by atoms with E-state index < -0.39 is 0 Å². The Kier molecular flexibility index (Phi) is 3.71. The van der Waals surface area contributed by atoms with Crippen LogP contribution in [0.4, 0.5) is 5.69 Å². The van der Waals surface area contributed by atoms with E-state index >= 15 is 0 Å². The molecular formula is C15H22N2O. The first-order valence-corrected chi connectivity index (χ1v) is 6.70. The third kappa shape index (κ3) is 2.15. The number of unbranched alkanes of at least 4 members (excludes halogenated alkanes) is 1. The Balaban J connectivity index is 2.34. The van der Waals surface area contributed by atoms with Crippen molar-refractivity contribution in [2.24, 2.45) is 5.73 Å². The van der Waals surface area contributed by atoms with Gasteiger partial charge in [-0.05, 0) is 68.8 Å². The van der Waals surface area contributed by atoms with Gasteiger partial charge in [-0.3, -0.25) is 4.79 Å². The SMILES string of the molecule is Cc1c(CCCCN)cc2c(c1C)NC(=O)C2C. The van der Waals surface area contributed by atoms with Gasteiger partial charge in [0.15, 0.2) is 0 Å². The molecule has 1 unspecified atom stereocenters. The first kappa shape index (κ1) is 13.1. The van der Waals surface area contributed by atoms with Crippen LogP contribution < -0.4 is 11.1 Å². The summed E-state index contributed by atoms with van der Waals surface area (Å²) >= 11 is 0. The summed E-state index contributed by atoms with van der Waals surface area (Å²) in [6, 6.07) is 2.21. The number of carbonyl (C=O) groups is 1. The molecule has 1 aliphatic rings. The van der Waals surface area contributed by atoms with Crippen molar-refractivity contribution in [3.8, 4) is 0 Å². The van der Waals surface area contributed by atoms with E-state index in [1.54, 1.807) is 0 Å². The standard InChI is InChI=1S/C15H22N2O/c1-9-10(2)14-13(11(3)15(18)17-14)8-12(9)6-4-5-7-16/h8,11H,4-7,16H2,1-3H3,(H,17,18). The van der Waals surface area contributed by atoms with E-state index in [2.05, 4.69) is 25.2 Å². The highest BCUT2D eigenvalue weighted by molar-refractivity contribution is 6.03. The van der Waals surface area contributed by atoms with E-state index in [9.17, 15) is 4.79 Å².